The minimum Gasteiger partial charge on any atom is -0.377 e. The molecule has 4 unspecified atom stereocenters. The molecule has 3 N–H and O–H groups in total. The lowest BCUT2D eigenvalue weighted by atomic mass is 9.83. The van der Waals surface area contributed by atoms with Crippen LogP contribution in [0.4, 0.5) is 0 Å². The van der Waals surface area contributed by atoms with Crippen molar-refractivity contribution in [2.24, 2.45) is 11.8 Å². The van der Waals surface area contributed by atoms with Gasteiger partial charge < -0.3 is 10.1 Å². The molecule has 4 atom stereocenters. The normalized spacial score (nSPS) is 31.5. The van der Waals surface area contributed by atoms with E-state index in [1.807, 2.05) is 12.1 Å². The van der Waals surface area contributed by atoms with E-state index in [1.165, 1.54) is 0 Å². The van der Waals surface area contributed by atoms with Gasteiger partial charge in [0.1, 0.15) is 0 Å². The van der Waals surface area contributed by atoms with Crippen LogP contribution in [0.1, 0.15) is 18.4 Å². The Balaban J connectivity index is 1.41. The summed E-state index contributed by atoms with van der Waals surface area (Å²) >= 11 is 0. The quantitative estimate of drug-likeness (QED) is 0.652. The van der Waals surface area contributed by atoms with E-state index in [-0.39, 0.29) is 35.8 Å². The molecule has 3 aliphatic rings. The first-order valence-electron chi connectivity index (χ1n) is 9.26. The molecule has 8 nitrogen and oxygen atoms in total. The summed E-state index contributed by atoms with van der Waals surface area (Å²) in [7, 11) is 0. The summed E-state index contributed by atoms with van der Waals surface area (Å²) in [6.45, 7) is 3.32. The van der Waals surface area contributed by atoms with Crippen LogP contribution in [0.2, 0.25) is 0 Å². The zero-order valence-corrected chi connectivity index (χ0v) is 14.7. The highest BCUT2D eigenvalue weighted by atomic mass is 16.5. The van der Waals surface area contributed by atoms with Crippen molar-refractivity contribution in [1.29, 1.82) is 0 Å². The van der Waals surface area contributed by atoms with Gasteiger partial charge >= 0.3 is 0 Å². The number of likely N-dealkylation sites (tertiary alicyclic amines) is 1. The van der Waals surface area contributed by atoms with Gasteiger partial charge in [-0.15, -0.1) is 0 Å². The van der Waals surface area contributed by atoms with Crippen LogP contribution in [0.15, 0.2) is 24.5 Å². The molecule has 4 rings (SSSR count). The fourth-order valence-corrected chi connectivity index (χ4v) is 4.13. The van der Waals surface area contributed by atoms with Crippen LogP contribution >= 0.6 is 0 Å². The lowest BCUT2D eigenvalue weighted by molar-refractivity contribution is -0.130. The van der Waals surface area contributed by atoms with Crippen molar-refractivity contribution in [2.45, 2.75) is 31.5 Å². The van der Waals surface area contributed by atoms with Crippen molar-refractivity contribution >= 4 is 11.8 Å². The predicted molar refractivity (Wildman–Crippen MR) is 93.5 cm³/mol. The van der Waals surface area contributed by atoms with Crippen molar-refractivity contribution in [2.75, 3.05) is 26.2 Å². The van der Waals surface area contributed by atoms with Crippen LogP contribution in [0.3, 0.4) is 0 Å². The third-order valence-electron chi connectivity index (χ3n) is 5.49. The van der Waals surface area contributed by atoms with Crippen molar-refractivity contribution in [3.63, 3.8) is 0 Å². The number of carbonyl (C=O) groups excluding carboxylic acids is 2. The lowest BCUT2D eigenvalue weighted by Crippen LogP contribution is -2.57. The number of hydrazine groups is 1. The number of pyridine rings is 1. The third-order valence-corrected chi connectivity index (χ3v) is 5.49. The molecule has 2 amide bonds. The Hall–Kier alpha value is -2.03. The average Bonchev–Trinajstić information content (AvgIpc) is 3.30. The van der Waals surface area contributed by atoms with Crippen LogP contribution in [0.5, 0.6) is 0 Å². The number of ether oxygens (including phenoxy) is 1. The molecular formula is C18H25N5O3. The van der Waals surface area contributed by atoms with Crippen molar-refractivity contribution in [3.05, 3.63) is 30.1 Å². The van der Waals surface area contributed by atoms with Crippen molar-refractivity contribution < 1.29 is 14.3 Å². The van der Waals surface area contributed by atoms with E-state index in [2.05, 4.69) is 26.1 Å². The Bertz CT molecular complexity index is 649. The van der Waals surface area contributed by atoms with Gasteiger partial charge in [-0.25, -0.2) is 5.43 Å². The summed E-state index contributed by atoms with van der Waals surface area (Å²) < 4.78 is 5.73. The second-order valence-corrected chi connectivity index (χ2v) is 7.31. The summed E-state index contributed by atoms with van der Waals surface area (Å²) in [6, 6.07) is 3.61. The van der Waals surface area contributed by atoms with E-state index in [0.717, 1.165) is 31.6 Å². The smallest absolute Gasteiger partial charge is 0.240 e. The number of hydrogen-bond donors (Lipinski definition) is 3. The lowest BCUT2D eigenvalue weighted by Gasteiger charge is -2.39. The van der Waals surface area contributed by atoms with Crippen molar-refractivity contribution in [3.8, 4) is 0 Å². The largest absolute Gasteiger partial charge is 0.377 e. The third kappa shape index (κ3) is 3.72. The maximum absolute atomic E-state index is 12.8. The molecule has 8 heteroatoms. The first-order chi connectivity index (χ1) is 12.7. The summed E-state index contributed by atoms with van der Waals surface area (Å²) in [4.78, 5) is 31.3. The number of hydrogen-bond acceptors (Lipinski definition) is 6. The molecule has 1 aromatic heterocycles. The van der Waals surface area contributed by atoms with E-state index in [9.17, 15) is 9.59 Å². The number of aromatic nitrogens is 1. The Kier molecular flexibility index (Phi) is 5.14. The topological polar surface area (TPSA) is 95.6 Å². The molecule has 1 aromatic rings. The fourth-order valence-electron chi connectivity index (χ4n) is 4.13. The summed E-state index contributed by atoms with van der Waals surface area (Å²) in [5, 5.41) is 2.99. The molecule has 0 radical (unpaired) electrons. The molecule has 26 heavy (non-hydrogen) atoms. The zero-order valence-electron chi connectivity index (χ0n) is 14.7. The highest BCUT2D eigenvalue weighted by molar-refractivity contribution is 5.85. The average molecular weight is 359 g/mol. The Labute approximate surface area is 152 Å². The van der Waals surface area contributed by atoms with E-state index >= 15 is 0 Å². The van der Waals surface area contributed by atoms with Gasteiger partial charge in [0.05, 0.1) is 24.0 Å². The highest BCUT2D eigenvalue weighted by Gasteiger charge is 2.47. The van der Waals surface area contributed by atoms with Crippen LogP contribution in [-0.4, -0.2) is 60.1 Å². The number of nitrogens with zero attached hydrogens (tertiary/aromatic N) is 2. The Morgan fingerprint density at radius 2 is 2.35 bits per heavy atom. The molecule has 0 aromatic carbocycles. The molecule has 0 aliphatic carbocycles. The minimum absolute atomic E-state index is 0.0305. The summed E-state index contributed by atoms with van der Waals surface area (Å²) in [5.74, 6) is -0.563. The second kappa shape index (κ2) is 7.69. The van der Waals surface area contributed by atoms with Crippen LogP contribution < -0.4 is 16.2 Å². The molecular weight excluding hydrogens is 334 g/mol. The standard InChI is InChI=1S/C18H25N5O3/c24-17(20-8-12-3-1-5-19-7-12)14-10-23(9-13-4-2-6-26-13)11-15-16(14)21-22-18(15)25/h1,3,5,7,13-16,21H,2,4,6,8-11H2,(H,20,24)(H,22,25). The van der Waals surface area contributed by atoms with E-state index in [4.69, 9.17) is 4.74 Å². The first-order valence-corrected chi connectivity index (χ1v) is 9.26. The first kappa shape index (κ1) is 17.4. The maximum atomic E-state index is 12.8. The number of piperidine rings is 1. The van der Waals surface area contributed by atoms with E-state index < -0.39 is 0 Å². The number of nitrogens with one attached hydrogen (secondary N) is 3. The van der Waals surface area contributed by atoms with Gasteiger partial charge in [0.15, 0.2) is 0 Å². The molecule has 3 saturated heterocycles. The monoisotopic (exact) mass is 359 g/mol. The van der Waals surface area contributed by atoms with Crippen LogP contribution in [0.25, 0.3) is 0 Å². The van der Waals surface area contributed by atoms with Gasteiger partial charge in [0.25, 0.3) is 0 Å². The fraction of sp³-hybridized carbons (Fsp3) is 0.611. The van der Waals surface area contributed by atoms with Gasteiger partial charge in [-0.1, -0.05) is 6.07 Å². The highest BCUT2D eigenvalue weighted by Crippen LogP contribution is 2.27. The van der Waals surface area contributed by atoms with Gasteiger partial charge in [0.2, 0.25) is 11.8 Å². The Morgan fingerprint density at radius 3 is 3.12 bits per heavy atom. The summed E-state index contributed by atoms with van der Waals surface area (Å²) in [5.41, 5.74) is 6.68. The SMILES string of the molecule is O=C(NCc1cccnc1)C1CN(CC2CCCO2)CC2C(=O)NNC12. The van der Waals surface area contributed by atoms with Crippen LogP contribution in [-0.2, 0) is 20.9 Å². The molecule has 0 spiro atoms. The molecule has 140 valence electrons. The minimum atomic E-state index is -0.286. The van der Waals surface area contributed by atoms with Crippen LogP contribution in [0, 0.1) is 11.8 Å². The molecule has 0 bridgehead atoms. The number of rotatable bonds is 5. The number of amides is 2. The van der Waals surface area contributed by atoms with Gasteiger partial charge in [-0.2, -0.15) is 0 Å². The number of carbonyl (C=O) groups is 2. The molecule has 3 aliphatic heterocycles. The molecule has 0 saturated carbocycles. The Morgan fingerprint density at radius 1 is 1.42 bits per heavy atom. The molecule has 4 heterocycles. The van der Waals surface area contributed by atoms with Gasteiger partial charge in [-0.3, -0.25) is 24.9 Å². The predicted octanol–water partition coefficient (Wildman–Crippen LogP) is -0.572. The van der Waals surface area contributed by atoms with Crippen molar-refractivity contribution in [1.82, 2.24) is 26.1 Å². The number of fused-ring (bicyclic) bond motifs is 1. The van der Waals surface area contributed by atoms with Gasteiger partial charge in [0, 0.05) is 45.2 Å². The summed E-state index contributed by atoms with van der Waals surface area (Å²) in [6.07, 6.45) is 5.80. The maximum Gasteiger partial charge on any atom is 0.240 e. The second-order valence-electron chi connectivity index (χ2n) is 7.31. The van der Waals surface area contributed by atoms with E-state index in [1.54, 1.807) is 12.4 Å². The molecule has 3 fully saturated rings. The van der Waals surface area contributed by atoms with Gasteiger partial charge in [-0.05, 0) is 24.5 Å². The van der Waals surface area contributed by atoms with E-state index in [0.29, 0.717) is 19.6 Å². The zero-order chi connectivity index (χ0) is 17.9.